The first-order valence-corrected chi connectivity index (χ1v) is 9.41. The van der Waals surface area contributed by atoms with E-state index in [-0.39, 0.29) is 24.0 Å². The fraction of sp³-hybridized carbons (Fsp3) is 0.435. The molecule has 2 aromatic carbocycles. The van der Waals surface area contributed by atoms with Gasteiger partial charge in [0.1, 0.15) is 11.5 Å². The quantitative estimate of drug-likeness (QED) is 0.751. The van der Waals surface area contributed by atoms with E-state index < -0.39 is 0 Å². The fourth-order valence-electron chi connectivity index (χ4n) is 2.98. The minimum Gasteiger partial charge on any atom is -0.496 e. The molecule has 0 saturated carbocycles. The number of hydrogen-bond acceptors (Lipinski definition) is 3. The average molecular weight is 370 g/mol. The highest BCUT2D eigenvalue weighted by Crippen LogP contribution is 2.25. The molecule has 0 saturated heterocycles. The summed E-state index contributed by atoms with van der Waals surface area (Å²) in [6.45, 7) is 10.6. The third-order valence-corrected chi connectivity index (χ3v) is 4.66. The number of rotatable bonds is 7. The number of carbonyl (C=O) groups is 1. The van der Waals surface area contributed by atoms with Gasteiger partial charge in [-0.05, 0) is 53.6 Å². The van der Waals surface area contributed by atoms with Gasteiger partial charge in [0, 0.05) is 0 Å². The molecule has 0 aliphatic heterocycles. The molecule has 4 heteroatoms. The van der Waals surface area contributed by atoms with Gasteiger partial charge in [0.05, 0.1) is 13.2 Å². The van der Waals surface area contributed by atoms with E-state index in [9.17, 15) is 4.79 Å². The lowest BCUT2D eigenvalue weighted by molar-refractivity contribution is -0.123. The topological polar surface area (TPSA) is 47.6 Å². The van der Waals surface area contributed by atoms with Gasteiger partial charge >= 0.3 is 0 Å². The second-order valence-electron chi connectivity index (χ2n) is 7.82. The van der Waals surface area contributed by atoms with Crippen LogP contribution < -0.4 is 14.8 Å². The zero-order valence-electron chi connectivity index (χ0n) is 17.3. The Hall–Kier alpha value is -2.49. The number of nitrogens with one attached hydrogen (secondary N) is 1. The number of benzene rings is 2. The van der Waals surface area contributed by atoms with Crippen molar-refractivity contribution in [3.63, 3.8) is 0 Å². The first-order chi connectivity index (χ1) is 12.7. The highest BCUT2D eigenvalue weighted by molar-refractivity contribution is 5.78. The lowest BCUT2D eigenvalue weighted by Gasteiger charge is -2.20. The van der Waals surface area contributed by atoms with Crippen LogP contribution in [-0.2, 0) is 10.2 Å². The van der Waals surface area contributed by atoms with Crippen molar-refractivity contribution >= 4 is 5.91 Å². The largest absolute Gasteiger partial charge is 0.496 e. The Morgan fingerprint density at radius 2 is 1.78 bits per heavy atom. The Balaban J connectivity index is 1.94. The van der Waals surface area contributed by atoms with Gasteiger partial charge in [0.15, 0.2) is 6.61 Å². The summed E-state index contributed by atoms with van der Waals surface area (Å²) in [6.07, 6.45) is 0.803. The molecule has 1 amide bonds. The molecule has 0 aliphatic rings. The number of aryl methyl sites for hydroxylation is 1. The normalized spacial score (nSPS) is 12.4. The molecule has 2 rings (SSSR count). The third kappa shape index (κ3) is 5.75. The third-order valence-electron chi connectivity index (χ3n) is 4.66. The van der Waals surface area contributed by atoms with Gasteiger partial charge in [-0.1, -0.05) is 52.0 Å². The summed E-state index contributed by atoms with van der Waals surface area (Å²) in [5.41, 5.74) is 3.46. The molecule has 0 fully saturated rings. The molecule has 1 unspecified atom stereocenters. The summed E-state index contributed by atoms with van der Waals surface area (Å²) in [7, 11) is 1.66. The van der Waals surface area contributed by atoms with Crippen molar-refractivity contribution in [3.8, 4) is 11.5 Å². The number of ether oxygens (including phenoxy) is 2. The molecule has 146 valence electrons. The zero-order valence-corrected chi connectivity index (χ0v) is 17.3. The molecule has 27 heavy (non-hydrogen) atoms. The molecule has 0 radical (unpaired) electrons. The Morgan fingerprint density at radius 3 is 2.30 bits per heavy atom. The molecule has 0 aliphatic carbocycles. The summed E-state index contributed by atoms with van der Waals surface area (Å²) in [6, 6.07) is 13.9. The molecule has 4 nitrogen and oxygen atoms in total. The van der Waals surface area contributed by atoms with Crippen LogP contribution in [0, 0.1) is 6.92 Å². The van der Waals surface area contributed by atoms with Crippen LogP contribution in [0.4, 0.5) is 0 Å². The van der Waals surface area contributed by atoms with E-state index in [1.807, 2.05) is 43.3 Å². The summed E-state index contributed by atoms with van der Waals surface area (Å²) in [5, 5.41) is 3.05. The SMILES string of the molecule is CCC(NC(=O)COc1ccc(C(C)(C)C)cc1)c1ccc(OC)c(C)c1. The highest BCUT2D eigenvalue weighted by atomic mass is 16.5. The van der Waals surface area contributed by atoms with Crippen LogP contribution in [0.1, 0.15) is 56.8 Å². The van der Waals surface area contributed by atoms with E-state index in [0.717, 1.165) is 23.3 Å². The summed E-state index contributed by atoms with van der Waals surface area (Å²) in [4.78, 5) is 12.3. The maximum absolute atomic E-state index is 12.3. The molecular weight excluding hydrogens is 338 g/mol. The first kappa shape index (κ1) is 20.8. The van der Waals surface area contributed by atoms with Crippen molar-refractivity contribution in [1.29, 1.82) is 0 Å². The molecule has 0 heterocycles. The van der Waals surface area contributed by atoms with Crippen LogP contribution in [0.25, 0.3) is 0 Å². The summed E-state index contributed by atoms with van der Waals surface area (Å²) >= 11 is 0. The Kier molecular flexibility index (Phi) is 6.89. The van der Waals surface area contributed by atoms with Gasteiger partial charge in [-0.25, -0.2) is 0 Å². The molecular formula is C23H31NO3. The molecule has 1 atom stereocenters. The van der Waals surface area contributed by atoms with Crippen molar-refractivity contribution in [2.75, 3.05) is 13.7 Å². The van der Waals surface area contributed by atoms with Crippen molar-refractivity contribution in [2.45, 2.75) is 52.5 Å². The maximum Gasteiger partial charge on any atom is 0.258 e. The van der Waals surface area contributed by atoms with Crippen LogP contribution in [0.15, 0.2) is 42.5 Å². The minimum atomic E-state index is -0.129. The number of hydrogen-bond donors (Lipinski definition) is 1. The van der Waals surface area contributed by atoms with E-state index in [4.69, 9.17) is 9.47 Å². The van der Waals surface area contributed by atoms with Crippen molar-refractivity contribution in [2.24, 2.45) is 0 Å². The average Bonchev–Trinajstić information content (AvgIpc) is 2.64. The predicted octanol–water partition coefficient (Wildman–Crippen LogP) is 4.95. The van der Waals surface area contributed by atoms with Gasteiger partial charge in [0.25, 0.3) is 5.91 Å². The summed E-state index contributed by atoms with van der Waals surface area (Å²) in [5.74, 6) is 1.42. The van der Waals surface area contributed by atoms with E-state index in [2.05, 4.69) is 39.1 Å². The van der Waals surface area contributed by atoms with Crippen LogP contribution in [0.3, 0.4) is 0 Å². The lowest BCUT2D eigenvalue weighted by Crippen LogP contribution is -2.32. The molecule has 0 aromatic heterocycles. The number of carbonyl (C=O) groups excluding carboxylic acids is 1. The molecule has 2 aromatic rings. The first-order valence-electron chi connectivity index (χ1n) is 9.41. The predicted molar refractivity (Wildman–Crippen MR) is 110 cm³/mol. The Morgan fingerprint density at radius 1 is 1.11 bits per heavy atom. The second kappa shape index (κ2) is 8.94. The Bertz CT molecular complexity index is 760. The maximum atomic E-state index is 12.3. The van der Waals surface area contributed by atoms with E-state index in [0.29, 0.717) is 5.75 Å². The highest BCUT2D eigenvalue weighted by Gasteiger charge is 2.15. The summed E-state index contributed by atoms with van der Waals surface area (Å²) < 4.78 is 10.9. The monoisotopic (exact) mass is 369 g/mol. The van der Waals surface area contributed by atoms with Crippen molar-refractivity contribution in [3.05, 3.63) is 59.2 Å². The van der Waals surface area contributed by atoms with Gasteiger partial charge < -0.3 is 14.8 Å². The van der Waals surface area contributed by atoms with Crippen LogP contribution in [0.2, 0.25) is 0 Å². The molecule has 1 N–H and O–H groups in total. The van der Waals surface area contributed by atoms with Gasteiger partial charge in [-0.3, -0.25) is 4.79 Å². The zero-order chi connectivity index (χ0) is 20.0. The standard InChI is InChI=1S/C23H31NO3/c1-7-20(17-8-13-21(26-6)16(2)14-17)24-22(25)15-27-19-11-9-18(10-12-19)23(3,4)5/h8-14,20H,7,15H2,1-6H3,(H,24,25). The fourth-order valence-corrected chi connectivity index (χ4v) is 2.98. The van der Waals surface area contributed by atoms with E-state index in [1.165, 1.54) is 5.56 Å². The van der Waals surface area contributed by atoms with Gasteiger partial charge in [0.2, 0.25) is 0 Å². The number of amides is 1. The van der Waals surface area contributed by atoms with Crippen molar-refractivity contribution < 1.29 is 14.3 Å². The van der Waals surface area contributed by atoms with Crippen LogP contribution in [0.5, 0.6) is 11.5 Å². The lowest BCUT2D eigenvalue weighted by atomic mass is 9.87. The molecule has 0 bridgehead atoms. The number of methoxy groups -OCH3 is 1. The van der Waals surface area contributed by atoms with Crippen molar-refractivity contribution in [1.82, 2.24) is 5.32 Å². The van der Waals surface area contributed by atoms with E-state index >= 15 is 0 Å². The van der Waals surface area contributed by atoms with E-state index in [1.54, 1.807) is 7.11 Å². The second-order valence-corrected chi connectivity index (χ2v) is 7.82. The smallest absolute Gasteiger partial charge is 0.258 e. The van der Waals surface area contributed by atoms with Gasteiger partial charge in [-0.2, -0.15) is 0 Å². The molecule has 0 spiro atoms. The van der Waals surface area contributed by atoms with Crippen LogP contribution in [-0.4, -0.2) is 19.6 Å². The Labute approximate surface area is 162 Å². The minimum absolute atomic E-state index is 0.000497. The van der Waals surface area contributed by atoms with Crippen LogP contribution >= 0.6 is 0 Å². The van der Waals surface area contributed by atoms with Gasteiger partial charge in [-0.15, -0.1) is 0 Å².